The van der Waals surface area contributed by atoms with Gasteiger partial charge in [-0.15, -0.1) is 0 Å². The second-order valence-corrected chi connectivity index (χ2v) is 11.0. The molecule has 1 saturated heterocycles. The lowest BCUT2D eigenvalue weighted by atomic mass is 10.1. The molecule has 4 nitrogen and oxygen atoms in total. The van der Waals surface area contributed by atoms with Crippen molar-refractivity contribution in [2.75, 3.05) is 6.61 Å². The summed E-state index contributed by atoms with van der Waals surface area (Å²) in [5.74, 6) is -0.819. The van der Waals surface area contributed by atoms with Crippen molar-refractivity contribution in [3.8, 4) is 0 Å². The van der Waals surface area contributed by atoms with Gasteiger partial charge in [0.05, 0.1) is 18.6 Å². The van der Waals surface area contributed by atoms with Crippen LogP contribution in [0.2, 0.25) is 18.1 Å². The number of ether oxygens (including phenoxy) is 1. The van der Waals surface area contributed by atoms with E-state index in [9.17, 15) is 4.79 Å². The average Bonchev–Trinajstić information content (AvgIpc) is 2.48. The maximum absolute atomic E-state index is 10.7. The molecule has 5 heteroatoms. The first-order valence-electron chi connectivity index (χ1n) is 6.15. The molecule has 17 heavy (non-hydrogen) atoms. The molecular weight excluding hydrogens is 236 g/mol. The van der Waals surface area contributed by atoms with Crippen LogP contribution in [0.15, 0.2) is 0 Å². The minimum atomic E-state index is -1.84. The molecule has 0 aromatic carbocycles. The van der Waals surface area contributed by atoms with Crippen molar-refractivity contribution >= 4 is 14.3 Å². The van der Waals surface area contributed by atoms with E-state index in [2.05, 4.69) is 33.9 Å². The zero-order valence-electron chi connectivity index (χ0n) is 11.4. The third-order valence-electron chi connectivity index (χ3n) is 3.78. The predicted molar refractivity (Wildman–Crippen MR) is 68.7 cm³/mol. The van der Waals surface area contributed by atoms with Crippen molar-refractivity contribution in [2.45, 2.75) is 64.0 Å². The summed E-state index contributed by atoms with van der Waals surface area (Å²) in [6.45, 7) is 11.5. The topological polar surface area (TPSA) is 55.8 Å². The highest BCUT2D eigenvalue weighted by Crippen LogP contribution is 2.39. The van der Waals surface area contributed by atoms with E-state index < -0.39 is 14.3 Å². The number of carbonyl (C=O) groups is 1. The molecule has 1 heterocycles. The van der Waals surface area contributed by atoms with Gasteiger partial charge in [-0.25, -0.2) is 0 Å². The Kier molecular flexibility index (Phi) is 4.38. The van der Waals surface area contributed by atoms with E-state index in [1.54, 1.807) is 0 Å². The fourth-order valence-electron chi connectivity index (χ4n) is 1.68. The van der Waals surface area contributed by atoms with Crippen molar-refractivity contribution < 1.29 is 19.1 Å². The third kappa shape index (κ3) is 3.79. The molecule has 0 bridgehead atoms. The van der Waals surface area contributed by atoms with E-state index in [-0.39, 0.29) is 23.7 Å². The minimum absolute atomic E-state index is 0.0410. The highest BCUT2D eigenvalue weighted by molar-refractivity contribution is 6.74. The number of hydrogen-bond acceptors (Lipinski definition) is 3. The first kappa shape index (κ1) is 14.7. The summed E-state index contributed by atoms with van der Waals surface area (Å²) in [5, 5.41) is 8.97. The normalized spacial score (nSPS) is 26.2. The third-order valence-corrected chi connectivity index (χ3v) is 8.28. The van der Waals surface area contributed by atoms with E-state index in [0.29, 0.717) is 6.61 Å². The molecule has 1 fully saturated rings. The van der Waals surface area contributed by atoms with Crippen LogP contribution < -0.4 is 0 Å². The minimum Gasteiger partial charge on any atom is -0.481 e. The van der Waals surface area contributed by atoms with Gasteiger partial charge in [-0.05, 0) is 24.6 Å². The summed E-state index contributed by atoms with van der Waals surface area (Å²) < 4.78 is 11.7. The number of carboxylic acid groups (broad SMARTS) is 1. The van der Waals surface area contributed by atoms with Crippen molar-refractivity contribution in [3.63, 3.8) is 0 Å². The molecule has 0 spiro atoms. The Hall–Kier alpha value is -0.393. The highest BCUT2D eigenvalue weighted by atomic mass is 28.4. The summed E-state index contributed by atoms with van der Waals surface area (Å²) in [5.41, 5.74) is 0. The first-order chi connectivity index (χ1) is 7.63. The summed E-state index contributed by atoms with van der Waals surface area (Å²) in [4.78, 5) is 10.7. The number of rotatable bonds is 4. The Morgan fingerprint density at radius 2 is 2.06 bits per heavy atom. The lowest BCUT2D eigenvalue weighted by Gasteiger charge is -2.39. The lowest BCUT2D eigenvalue weighted by Crippen LogP contribution is -2.46. The Labute approximate surface area is 104 Å². The SMILES string of the molecule is CC(C)(C)[Si](C)(C)O[C@@H]1CCOC1CC(=O)O. The monoisotopic (exact) mass is 260 g/mol. The van der Waals surface area contributed by atoms with Gasteiger partial charge in [0, 0.05) is 6.61 Å². The first-order valence-corrected chi connectivity index (χ1v) is 9.05. The smallest absolute Gasteiger partial charge is 0.306 e. The summed E-state index contributed by atoms with van der Waals surface area (Å²) in [6, 6.07) is 0. The largest absolute Gasteiger partial charge is 0.481 e. The number of hydrogen-bond donors (Lipinski definition) is 1. The van der Waals surface area contributed by atoms with E-state index in [4.69, 9.17) is 14.3 Å². The zero-order chi connectivity index (χ0) is 13.3. The molecule has 0 amide bonds. The average molecular weight is 260 g/mol. The van der Waals surface area contributed by atoms with Gasteiger partial charge in [-0.3, -0.25) is 4.79 Å². The Morgan fingerprint density at radius 1 is 1.47 bits per heavy atom. The molecule has 1 aliphatic rings. The van der Waals surface area contributed by atoms with Gasteiger partial charge in [0.15, 0.2) is 8.32 Å². The molecule has 0 aromatic rings. The second kappa shape index (κ2) is 5.08. The van der Waals surface area contributed by atoms with Gasteiger partial charge in [0.25, 0.3) is 0 Å². The van der Waals surface area contributed by atoms with Crippen LogP contribution in [0.3, 0.4) is 0 Å². The molecular formula is C12H24O4Si. The standard InChI is InChI=1S/C12H24O4Si/c1-12(2,3)17(4,5)16-9-6-7-15-10(9)8-11(13)14/h9-10H,6-8H2,1-5H3,(H,13,14)/t9-,10?/m1/s1. The van der Waals surface area contributed by atoms with E-state index in [1.165, 1.54) is 0 Å². The van der Waals surface area contributed by atoms with E-state index in [0.717, 1.165) is 6.42 Å². The second-order valence-electron chi connectivity index (χ2n) is 6.21. The molecule has 1 rings (SSSR count). The summed E-state index contributed by atoms with van der Waals surface area (Å²) in [6.07, 6.45) is 0.526. The lowest BCUT2D eigenvalue weighted by molar-refractivity contribution is -0.140. The van der Waals surface area contributed by atoms with Crippen molar-refractivity contribution in [2.24, 2.45) is 0 Å². The molecule has 100 valence electrons. The van der Waals surface area contributed by atoms with Crippen LogP contribution in [-0.4, -0.2) is 38.2 Å². The van der Waals surface area contributed by atoms with Gasteiger partial charge >= 0.3 is 5.97 Å². The van der Waals surface area contributed by atoms with E-state index >= 15 is 0 Å². The van der Waals surface area contributed by atoms with Gasteiger partial charge < -0.3 is 14.3 Å². The van der Waals surface area contributed by atoms with E-state index in [1.807, 2.05) is 0 Å². The summed E-state index contributed by atoms with van der Waals surface area (Å²) in [7, 11) is -1.84. The molecule has 2 atom stereocenters. The van der Waals surface area contributed by atoms with Crippen LogP contribution >= 0.6 is 0 Å². The highest BCUT2D eigenvalue weighted by Gasteiger charge is 2.42. The van der Waals surface area contributed by atoms with Crippen molar-refractivity contribution in [3.05, 3.63) is 0 Å². The maximum Gasteiger partial charge on any atom is 0.306 e. The quantitative estimate of drug-likeness (QED) is 0.790. The van der Waals surface area contributed by atoms with Crippen LogP contribution in [0, 0.1) is 0 Å². The van der Waals surface area contributed by atoms with Gasteiger partial charge in [0.1, 0.15) is 0 Å². The maximum atomic E-state index is 10.7. The molecule has 0 aliphatic carbocycles. The van der Waals surface area contributed by atoms with Crippen molar-refractivity contribution in [1.29, 1.82) is 0 Å². The molecule has 1 aliphatic heterocycles. The van der Waals surface area contributed by atoms with Gasteiger partial charge in [-0.2, -0.15) is 0 Å². The fraction of sp³-hybridized carbons (Fsp3) is 0.917. The Bertz CT molecular complexity index is 283. The predicted octanol–water partition coefficient (Wildman–Crippen LogP) is 2.64. The van der Waals surface area contributed by atoms with Crippen LogP contribution in [-0.2, 0) is 14.0 Å². The molecule has 0 aromatic heterocycles. The Morgan fingerprint density at radius 3 is 2.53 bits per heavy atom. The molecule has 0 saturated carbocycles. The van der Waals surface area contributed by atoms with Gasteiger partial charge in [0.2, 0.25) is 0 Å². The van der Waals surface area contributed by atoms with Crippen LogP contribution in [0.5, 0.6) is 0 Å². The van der Waals surface area contributed by atoms with Crippen LogP contribution in [0.1, 0.15) is 33.6 Å². The number of aliphatic carboxylic acids is 1. The van der Waals surface area contributed by atoms with Crippen molar-refractivity contribution in [1.82, 2.24) is 0 Å². The summed E-state index contributed by atoms with van der Waals surface area (Å²) >= 11 is 0. The van der Waals surface area contributed by atoms with Gasteiger partial charge in [-0.1, -0.05) is 20.8 Å². The Balaban J connectivity index is 2.64. The molecule has 1 unspecified atom stereocenters. The number of carboxylic acids is 1. The molecule has 0 radical (unpaired) electrons. The van der Waals surface area contributed by atoms with Crippen LogP contribution in [0.4, 0.5) is 0 Å². The van der Waals surface area contributed by atoms with Crippen LogP contribution in [0.25, 0.3) is 0 Å². The fourth-order valence-corrected chi connectivity index (χ4v) is 3.06. The molecule has 1 N–H and O–H groups in total. The zero-order valence-corrected chi connectivity index (χ0v) is 12.4.